The Balaban J connectivity index is 3.17. The maximum Gasteiger partial charge on any atom is 0.420 e. The molecule has 9 heteroatoms. The van der Waals surface area contributed by atoms with Crippen LogP contribution < -0.4 is 0 Å². The molecule has 1 aromatic rings. The Morgan fingerprint density at radius 2 is 1.20 bits per heavy atom. The van der Waals surface area contributed by atoms with Crippen LogP contribution in [-0.2, 0) is 35.1 Å². The number of amides is 2. The molecule has 0 aliphatic rings. The standard InChI is InChI=1S/C26H39NO8/c1-24(2,3)33-21(29)19(15-16-20(28)32-17-18-13-11-10-12-14-18)27(22(30)34-25(4,5)6)23(31)35-26(7,8)9/h10-14,19H,15-17H2,1-9H3. The molecule has 0 spiro atoms. The molecule has 1 atom stereocenters. The lowest BCUT2D eigenvalue weighted by molar-refractivity contribution is -0.161. The van der Waals surface area contributed by atoms with Crippen molar-refractivity contribution < 1.29 is 38.1 Å². The number of nitrogens with zero attached hydrogens (tertiary/aromatic N) is 1. The first-order valence-electron chi connectivity index (χ1n) is 11.6. The summed E-state index contributed by atoms with van der Waals surface area (Å²) in [5.74, 6) is -1.47. The zero-order chi connectivity index (χ0) is 27.0. The van der Waals surface area contributed by atoms with E-state index in [1.54, 1.807) is 62.3 Å². The summed E-state index contributed by atoms with van der Waals surface area (Å²) in [6, 6.07) is 7.64. The summed E-state index contributed by atoms with van der Waals surface area (Å²) in [7, 11) is 0. The smallest absolute Gasteiger partial charge is 0.420 e. The van der Waals surface area contributed by atoms with Crippen molar-refractivity contribution in [2.45, 2.75) is 105 Å². The van der Waals surface area contributed by atoms with E-state index >= 15 is 0 Å². The Morgan fingerprint density at radius 3 is 1.63 bits per heavy atom. The van der Waals surface area contributed by atoms with Gasteiger partial charge in [0.2, 0.25) is 0 Å². The molecular weight excluding hydrogens is 454 g/mol. The number of hydrogen-bond donors (Lipinski definition) is 0. The van der Waals surface area contributed by atoms with Gasteiger partial charge in [0.05, 0.1) is 0 Å². The van der Waals surface area contributed by atoms with Crippen molar-refractivity contribution in [2.75, 3.05) is 0 Å². The van der Waals surface area contributed by atoms with Crippen molar-refractivity contribution >= 4 is 24.1 Å². The van der Waals surface area contributed by atoms with E-state index < -0.39 is 47.0 Å². The number of rotatable bonds is 7. The van der Waals surface area contributed by atoms with Gasteiger partial charge in [0.1, 0.15) is 29.5 Å². The zero-order valence-corrected chi connectivity index (χ0v) is 22.3. The van der Waals surface area contributed by atoms with Crippen LogP contribution in [0.4, 0.5) is 9.59 Å². The van der Waals surface area contributed by atoms with Crippen LogP contribution >= 0.6 is 0 Å². The normalized spacial score (nSPS) is 12.8. The van der Waals surface area contributed by atoms with Gasteiger partial charge in [-0.3, -0.25) is 4.79 Å². The van der Waals surface area contributed by atoms with Gasteiger partial charge in [-0.25, -0.2) is 14.4 Å². The molecule has 0 saturated heterocycles. The highest BCUT2D eigenvalue weighted by Gasteiger charge is 2.42. The molecule has 1 aromatic carbocycles. The predicted molar refractivity (Wildman–Crippen MR) is 129 cm³/mol. The lowest BCUT2D eigenvalue weighted by Gasteiger charge is -2.33. The third-order valence-electron chi connectivity index (χ3n) is 4.04. The second-order valence-electron chi connectivity index (χ2n) is 11.1. The number of carbonyl (C=O) groups excluding carboxylic acids is 4. The quantitative estimate of drug-likeness (QED) is 0.367. The highest BCUT2D eigenvalue weighted by Crippen LogP contribution is 2.22. The summed E-state index contributed by atoms with van der Waals surface area (Å²) in [4.78, 5) is 52.2. The van der Waals surface area contributed by atoms with Gasteiger partial charge < -0.3 is 18.9 Å². The molecule has 0 fully saturated rings. The summed E-state index contributed by atoms with van der Waals surface area (Å²) in [6.45, 7) is 14.8. The van der Waals surface area contributed by atoms with Crippen LogP contribution in [-0.4, -0.2) is 51.9 Å². The molecule has 35 heavy (non-hydrogen) atoms. The average molecular weight is 494 g/mol. The van der Waals surface area contributed by atoms with Crippen LogP contribution in [0.2, 0.25) is 0 Å². The van der Waals surface area contributed by atoms with Crippen LogP contribution in [0.25, 0.3) is 0 Å². The average Bonchev–Trinajstić information content (AvgIpc) is 2.65. The van der Waals surface area contributed by atoms with Crippen molar-refractivity contribution in [1.29, 1.82) is 0 Å². The number of imide groups is 1. The van der Waals surface area contributed by atoms with E-state index in [1.807, 2.05) is 30.3 Å². The first-order chi connectivity index (χ1) is 15.9. The van der Waals surface area contributed by atoms with E-state index in [4.69, 9.17) is 18.9 Å². The summed E-state index contributed by atoms with van der Waals surface area (Å²) >= 11 is 0. The summed E-state index contributed by atoms with van der Waals surface area (Å²) in [6.07, 6.45) is -2.65. The molecule has 1 unspecified atom stereocenters. The van der Waals surface area contributed by atoms with Gasteiger partial charge >= 0.3 is 24.1 Å². The fourth-order valence-electron chi connectivity index (χ4n) is 2.74. The fourth-order valence-corrected chi connectivity index (χ4v) is 2.74. The molecule has 0 aliphatic heterocycles. The molecule has 1 rings (SSSR count). The first-order valence-corrected chi connectivity index (χ1v) is 11.6. The second kappa shape index (κ2) is 12.0. The highest BCUT2D eigenvalue weighted by atomic mass is 16.6. The zero-order valence-electron chi connectivity index (χ0n) is 22.3. The summed E-state index contributed by atoms with van der Waals surface area (Å²) in [5, 5.41) is 0. The molecule has 0 aromatic heterocycles. The number of hydrogen-bond acceptors (Lipinski definition) is 8. The Hall–Kier alpha value is -3.10. The fraction of sp³-hybridized carbons (Fsp3) is 0.615. The second-order valence-corrected chi connectivity index (χ2v) is 11.1. The van der Waals surface area contributed by atoms with E-state index in [2.05, 4.69) is 0 Å². The number of carbonyl (C=O) groups is 4. The minimum absolute atomic E-state index is 0.0542. The van der Waals surface area contributed by atoms with E-state index in [0.717, 1.165) is 5.56 Å². The van der Waals surface area contributed by atoms with E-state index in [0.29, 0.717) is 4.90 Å². The van der Waals surface area contributed by atoms with Crippen LogP contribution in [0.3, 0.4) is 0 Å². The molecule has 0 heterocycles. The van der Waals surface area contributed by atoms with Gasteiger partial charge in [0, 0.05) is 6.42 Å². The maximum absolute atomic E-state index is 13.1. The number of benzene rings is 1. The van der Waals surface area contributed by atoms with Crippen molar-refractivity contribution in [3.8, 4) is 0 Å². The van der Waals surface area contributed by atoms with E-state index in [1.165, 1.54) is 0 Å². The Bertz CT molecular complexity index is 847. The largest absolute Gasteiger partial charge is 0.461 e. The predicted octanol–water partition coefficient (Wildman–Crippen LogP) is 5.39. The van der Waals surface area contributed by atoms with Crippen molar-refractivity contribution in [3.63, 3.8) is 0 Å². The Labute approximate surface area is 208 Å². The van der Waals surface area contributed by atoms with Crippen molar-refractivity contribution in [2.24, 2.45) is 0 Å². The lowest BCUT2D eigenvalue weighted by Crippen LogP contribution is -2.53. The van der Waals surface area contributed by atoms with Crippen LogP contribution in [0.1, 0.15) is 80.7 Å². The maximum atomic E-state index is 13.1. The van der Waals surface area contributed by atoms with Crippen LogP contribution in [0, 0.1) is 0 Å². The van der Waals surface area contributed by atoms with E-state index in [-0.39, 0.29) is 19.4 Å². The Kier molecular flexibility index (Phi) is 10.3. The summed E-state index contributed by atoms with van der Waals surface area (Å²) in [5.41, 5.74) is -2.01. The number of ether oxygens (including phenoxy) is 4. The molecule has 0 aliphatic carbocycles. The topological polar surface area (TPSA) is 108 Å². The molecule has 9 nitrogen and oxygen atoms in total. The van der Waals surface area contributed by atoms with Gasteiger partial charge in [-0.2, -0.15) is 4.90 Å². The SMILES string of the molecule is CC(C)(C)OC(=O)C(CCC(=O)OCc1ccccc1)N(C(=O)OC(C)(C)C)C(=O)OC(C)(C)C. The molecule has 0 radical (unpaired) electrons. The van der Waals surface area contributed by atoms with Crippen LogP contribution in [0.5, 0.6) is 0 Å². The van der Waals surface area contributed by atoms with E-state index in [9.17, 15) is 19.2 Å². The first kappa shape index (κ1) is 29.9. The van der Waals surface area contributed by atoms with Crippen molar-refractivity contribution in [1.82, 2.24) is 4.90 Å². The van der Waals surface area contributed by atoms with Crippen molar-refractivity contribution in [3.05, 3.63) is 35.9 Å². The van der Waals surface area contributed by atoms with Crippen LogP contribution in [0.15, 0.2) is 30.3 Å². The highest BCUT2D eigenvalue weighted by molar-refractivity contribution is 5.94. The lowest BCUT2D eigenvalue weighted by atomic mass is 10.1. The minimum atomic E-state index is -1.47. The summed E-state index contributed by atoms with van der Waals surface area (Å²) < 4.78 is 21.5. The molecular formula is C26H39NO8. The third kappa shape index (κ3) is 12.2. The van der Waals surface area contributed by atoms with Gasteiger partial charge in [0.15, 0.2) is 0 Å². The van der Waals surface area contributed by atoms with Gasteiger partial charge in [-0.05, 0) is 74.3 Å². The molecule has 0 saturated carbocycles. The number of esters is 2. The van der Waals surface area contributed by atoms with Gasteiger partial charge in [-0.1, -0.05) is 30.3 Å². The third-order valence-corrected chi connectivity index (χ3v) is 4.04. The molecule has 0 bridgehead atoms. The van der Waals surface area contributed by atoms with Gasteiger partial charge in [-0.15, -0.1) is 0 Å². The minimum Gasteiger partial charge on any atom is -0.461 e. The monoisotopic (exact) mass is 493 g/mol. The van der Waals surface area contributed by atoms with Gasteiger partial charge in [0.25, 0.3) is 0 Å². The Morgan fingerprint density at radius 1 is 0.743 bits per heavy atom. The molecule has 2 amide bonds. The molecule has 0 N–H and O–H groups in total. The molecule has 196 valence electrons.